The lowest BCUT2D eigenvalue weighted by molar-refractivity contribution is -0.137. The van der Waals surface area contributed by atoms with E-state index in [0.717, 1.165) is 5.56 Å². The highest BCUT2D eigenvalue weighted by atomic mass is 31.2. The van der Waals surface area contributed by atoms with E-state index in [1.165, 1.54) is 18.6 Å². The summed E-state index contributed by atoms with van der Waals surface area (Å²) in [6.07, 6.45) is 3.61. The molecule has 2 heterocycles. The van der Waals surface area contributed by atoms with Crippen LogP contribution in [0, 0.1) is 5.92 Å². The van der Waals surface area contributed by atoms with E-state index in [9.17, 15) is 23.7 Å². The lowest BCUT2D eigenvalue weighted by Crippen LogP contribution is -2.57. The molecule has 3 atom stereocenters. The van der Waals surface area contributed by atoms with Crippen LogP contribution in [0.5, 0.6) is 0 Å². The number of carboxylic acids is 1. The van der Waals surface area contributed by atoms with Crippen molar-refractivity contribution in [1.82, 2.24) is 30.8 Å². The Bertz CT molecular complexity index is 1360. The van der Waals surface area contributed by atoms with Crippen LogP contribution in [0.4, 0.5) is 4.79 Å². The van der Waals surface area contributed by atoms with Gasteiger partial charge in [0.1, 0.15) is 18.3 Å². The fraction of sp³-hybridized carbons (Fsp3) is 0.500. The molecule has 1 aromatic carbocycles. The number of rotatable bonds is 15. The molecule has 1 saturated heterocycles. The van der Waals surface area contributed by atoms with Crippen LogP contribution in [0.15, 0.2) is 48.9 Å². The summed E-state index contributed by atoms with van der Waals surface area (Å²) in [5.74, 6) is -5.68. The second-order valence-electron chi connectivity index (χ2n) is 11.1. The number of nitrogens with one attached hydrogen (secondary N) is 3. The molecule has 0 radical (unpaired) electrons. The highest BCUT2D eigenvalue weighted by Crippen LogP contribution is 2.39. The van der Waals surface area contributed by atoms with Crippen LogP contribution in [0.25, 0.3) is 0 Å². The van der Waals surface area contributed by atoms with Crippen molar-refractivity contribution in [3.05, 3.63) is 60.2 Å². The Morgan fingerprint density at radius 2 is 1.72 bits per heavy atom. The number of hydrogen-bond donors (Lipinski definition) is 6. The first-order chi connectivity index (χ1) is 22.3. The van der Waals surface area contributed by atoms with Crippen LogP contribution < -0.4 is 16.0 Å². The van der Waals surface area contributed by atoms with Gasteiger partial charge in [-0.05, 0) is 17.9 Å². The van der Waals surface area contributed by atoms with Gasteiger partial charge < -0.3 is 39.6 Å². The number of ether oxygens (including phenoxy) is 1. The molecule has 2 unspecified atom stereocenters. The highest BCUT2D eigenvalue weighted by Gasteiger charge is 2.38. The van der Waals surface area contributed by atoms with E-state index in [-0.39, 0.29) is 44.4 Å². The minimum absolute atomic E-state index is 0.0740. The molecule has 0 aliphatic carbocycles. The van der Waals surface area contributed by atoms with Gasteiger partial charge in [-0.3, -0.25) is 29.4 Å². The van der Waals surface area contributed by atoms with Crippen molar-refractivity contribution < 1.29 is 52.7 Å². The number of aromatic nitrogens is 2. The van der Waals surface area contributed by atoms with Crippen molar-refractivity contribution in [3.8, 4) is 0 Å². The molecule has 1 aliphatic heterocycles. The van der Waals surface area contributed by atoms with Gasteiger partial charge in [-0.2, -0.15) is 0 Å². The second-order valence-corrected chi connectivity index (χ2v) is 12.8. The SMILES string of the molecule is CC(C)CC(NC(=O)[C@@H](Cc1ccccc1)NC(=O)c1cnccn1)B1OCCN(CCOC(=O)NC(C(=O)O)P(=O)(O)O)CCO1. The fourth-order valence-electron chi connectivity index (χ4n) is 4.66. The van der Waals surface area contributed by atoms with Crippen LogP contribution in [0.3, 0.4) is 0 Å². The van der Waals surface area contributed by atoms with Gasteiger partial charge >= 0.3 is 26.8 Å². The van der Waals surface area contributed by atoms with Crippen molar-refractivity contribution in [1.29, 1.82) is 0 Å². The van der Waals surface area contributed by atoms with E-state index in [0.29, 0.717) is 19.5 Å². The molecular weight excluding hydrogens is 638 g/mol. The minimum Gasteiger partial charge on any atom is -0.479 e. The summed E-state index contributed by atoms with van der Waals surface area (Å²) in [6, 6.07) is 8.33. The fourth-order valence-corrected chi connectivity index (χ4v) is 5.22. The lowest BCUT2D eigenvalue weighted by atomic mass is 9.73. The molecule has 0 bridgehead atoms. The Kier molecular flexibility index (Phi) is 14.7. The Balaban J connectivity index is 1.58. The van der Waals surface area contributed by atoms with Crippen molar-refractivity contribution in [2.45, 2.75) is 44.5 Å². The van der Waals surface area contributed by atoms with E-state index in [1.54, 1.807) is 5.32 Å². The van der Waals surface area contributed by atoms with Gasteiger partial charge in [-0.1, -0.05) is 44.2 Å². The maximum atomic E-state index is 13.7. The van der Waals surface area contributed by atoms with Gasteiger partial charge in [0.15, 0.2) is 0 Å². The molecule has 1 fully saturated rings. The van der Waals surface area contributed by atoms with Crippen molar-refractivity contribution in [2.24, 2.45) is 5.92 Å². The van der Waals surface area contributed by atoms with Gasteiger partial charge in [0.25, 0.3) is 5.91 Å². The molecule has 47 heavy (non-hydrogen) atoms. The van der Waals surface area contributed by atoms with Crippen LogP contribution >= 0.6 is 7.60 Å². The van der Waals surface area contributed by atoms with E-state index in [4.69, 9.17) is 28.9 Å². The van der Waals surface area contributed by atoms with Crippen LogP contribution in [-0.4, -0.2) is 118 Å². The third-order valence-corrected chi connectivity index (χ3v) is 7.95. The topological polar surface area (TPSA) is 239 Å². The smallest absolute Gasteiger partial charge is 0.479 e. The highest BCUT2D eigenvalue weighted by molar-refractivity contribution is 7.53. The van der Waals surface area contributed by atoms with E-state index >= 15 is 0 Å². The summed E-state index contributed by atoms with van der Waals surface area (Å²) in [5.41, 5.74) is 0.918. The summed E-state index contributed by atoms with van der Waals surface area (Å²) in [4.78, 5) is 77.5. The summed E-state index contributed by atoms with van der Waals surface area (Å²) in [5, 5.41) is 16.4. The molecule has 0 saturated carbocycles. The molecule has 17 nitrogen and oxygen atoms in total. The lowest BCUT2D eigenvalue weighted by Gasteiger charge is -2.32. The largest absolute Gasteiger partial charge is 0.480 e. The van der Waals surface area contributed by atoms with Gasteiger partial charge in [0.2, 0.25) is 11.7 Å². The Labute approximate surface area is 272 Å². The zero-order chi connectivity index (χ0) is 34.4. The first-order valence-electron chi connectivity index (χ1n) is 14.9. The Morgan fingerprint density at radius 1 is 1.04 bits per heavy atom. The first kappa shape index (κ1) is 37.5. The Morgan fingerprint density at radius 3 is 2.30 bits per heavy atom. The first-order valence-corrected chi connectivity index (χ1v) is 16.6. The third kappa shape index (κ3) is 13.0. The zero-order valence-electron chi connectivity index (χ0n) is 26.1. The predicted octanol–water partition coefficient (Wildman–Crippen LogP) is 0.0394. The summed E-state index contributed by atoms with van der Waals surface area (Å²) < 4.78 is 28.2. The number of carboxylic acid groups (broad SMARTS) is 1. The normalized spacial score (nSPS) is 16.2. The van der Waals surface area contributed by atoms with Gasteiger partial charge in [-0.15, -0.1) is 0 Å². The minimum atomic E-state index is -5.13. The number of amides is 3. The zero-order valence-corrected chi connectivity index (χ0v) is 27.0. The maximum absolute atomic E-state index is 13.7. The van der Waals surface area contributed by atoms with E-state index < -0.39 is 56.4 Å². The predicted molar refractivity (Wildman–Crippen MR) is 167 cm³/mol. The molecule has 256 valence electrons. The monoisotopic (exact) mass is 678 g/mol. The van der Waals surface area contributed by atoms with Gasteiger partial charge in [-0.25, -0.2) is 14.6 Å². The van der Waals surface area contributed by atoms with Gasteiger partial charge in [0, 0.05) is 51.7 Å². The van der Waals surface area contributed by atoms with Crippen LogP contribution in [-0.2, 0) is 34.6 Å². The van der Waals surface area contributed by atoms with Crippen molar-refractivity contribution in [3.63, 3.8) is 0 Å². The number of hydrogen-bond acceptors (Lipinski definition) is 11. The average molecular weight is 678 g/mol. The van der Waals surface area contributed by atoms with Crippen LogP contribution in [0.1, 0.15) is 36.3 Å². The summed E-state index contributed by atoms with van der Waals surface area (Å²) in [6.45, 7) is 5.19. The molecular formula is C28H40BN6O11P. The number of nitrogens with zero attached hydrogens (tertiary/aromatic N) is 3. The number of alkyl carbamates (subject to hydrolysis) is 1. The molecule has 0 spiro atoms. The Hall–Kier alpha value is -3.93. The molecule has 1 aliphatic rings. The second kappa shape index (κ2) is 18.4. The number of benzene rings is 1. The standard InChI is InChI=1S/C28H40BN6O11P/c1-19(2)16-23(33-24(36)21(17-20-6-4-3-5-7-20)32-25(37)22-18-30-8-9-31-22)29-45-14-11-35(12-15-46-29)10-13-44-28(40)34-26(27(38)39)47(41,42)43/h3-9,18-19,21,23,26H,10-17H2,1-2H3,(H,32,37)(H,33,36)(H,34,40)(H,38,39)(H2,41,42,43)/t21-,23?,26?/m1/s1. The van der Waals surface area contributed by atoms with Gasteiger partial charge in [0.05, 0.1) is 12.1 Å². The number of carbonyl (C=O) groups excluding carboxylic acids is 3. The summed E-state index contributed by atoms with van der Waals surface area (Å²) in [7, 11) is -5.93. The van der Waals surface area contributed by atoms with Crippen LogP contribution in [0.2, 0.25) is 0 Å². The van der Waals surface area contributed by atoms with Crippen molar-refractivity contribution >= 4 is 38.6 Å². The molecule has 3 rings (SSSR count). The number of carbonyl (C=O) groups is 4. The average Bonchev–Trinajstić information content (AvgIpc) is 3.00. The quantitative estimate of drug-likeness (QED) is 0.108. The maximum Gasteiger partial charge on any atom is 0.480 e. The molecule has 19 heteroatoms. The number of aliphatic carboxylic acids is 1. The molecule has 2 aromatic rings. The summed E-state index contributed by atoms with van der Waals surface area (Å²) >= 11 is 0. The van der Waals surface area contributed by atoms with E-state index in [1.807, 2.05) is 49.1 Å². The molecule has 6 N–H and O–H groups in total. The molecule has 3 amide bonds. The third-order valence-electron chi connectivity index (χ3n) is 6.93. The van der Waals surface area contributed by atoms with E-state index in [2.05, 4.69) is 20.6 Å². The molecule has 1 aromatic heterocycles. The van der Waals surface area contributed by atoms with Crippen molar-refractivity contribution in [2.75, 3.05) is 39.5 Å².